The van der Waals surface area contributed by atoms with Gasteiger partial charge in [0.15, 0.2) is 0 Å². The number of carbonyl (C=O) groups excluding carboxylic acids is 2. The van der Waals surface area contributed by atoms with Crippen molar-refractivity contribution >= 4 is 11.8 Å². The number of hydrogen-bond acceptors (Lipinski definition) is 3. The molecule has 0 bridgehead atoms. The van der Waals surface area contributed by atoms with E-state index >= 15 is 0 Å². The second kappa shape index (κ2) is 6.37. The maximum atomic E-state index is 12.4. The molecule has 2 aromatic rings. The van der Waals surface area contributed by atoms with Gasteiger partial charge in [-0.15, -0.1) is 0 Å². The van der Waals surface area contributed by atoms with Crippen LogP contribution >= 0.6 is 0 Å². The normalized spacial score (nSPS) is 20.0. The van der Waals surface area contributed by atoms with Gasteiger partial charge in [0.25, 0.3) is 0 Å². The lowest BCUT2D eigenvalue weighted by molar-refractivity contribution is -0.150. The first kappa shape index (κ1) is 15.5. The number of esters is 1. The summed E-state index contributed by atoms with van der Waals surface area (Å²) in [5, 5.41) is 0. The summed E-state index contributed by atoms with van der Waals surface area (Å²) in [7, 11) is 0. The fourth-order valence-corrected chi connectivity index (χ4v) is 3.63. The van der Waals surface area contributed by atoms with Crippen molar-refractivity contribution in [2.75, 3.05) is 0 Å². The molecule has 3 nitrogen and oxygen atoms in total. The fourth-order valence-electron chi connectivity index (χ4n) is 3.63. The molecule has 1 aliphatic rings. The second-order valence-corrected chi connectivity index (χ2v) is 6.17. The summed E-state index contributed by atoms with van der Waals surface area (Å²) in [4.78, 5) is 23.8. The van der Waals surface area contributed by atoms with Gasteiger partial charge in [-0.2, -0.15) is 0 Å². The van der Waals surface area contributed by atoms with E-state index in [1.165, 1.54) is 6.92 Å². The van der Waals surface area contributed by atoms with Gasteiger partial charge in [0.1, 0.15) is 11.9 Å². The molecule has 0 amide bonds. The number of ketones is 1. The lowest BCUT2D eigenvalue weighted by Crippen LogP contribution is -2.42. The molecule has 0 aromatic heterocycles. The van der Waals surface area contributed by atoms with E-state index in [1.54, 1.807) is 0 Å². The standard InChI is InChI=1S/C20H20O3/c1-15(21)23-19-12-18(22)13-20(14-19,16-8-4-2-5-9-16)17-10-6-3-7-11-17/h2-11,19H,12-14H2,1H3. The molecule has 2 aromatic carbocycles. The molecule has 0 heterocycles. The number of hydrogen-bond donors (Lipinski definition) is 0. The first-order chi connectivity index (χ1) is 11.1. The van der Waals surface area contributed by atoms with Gasteiger partial charge in [-0.1, -0.05) is 60.7 Å². The molecule has 1 atom stereocenters. The van der Waals surface area contributed by atoms with Gasteiger partial charge in [0, 0.05) is 25.2 Å². The van der Waals surface area contributed by atoms with Gasteiger partial charge in [-0.25, -0.2) is 0 Å². The molecule has 0 N–H and O–H groups in total. The van der Waals surface area contributed by atoms with E-state index < -0.39 is 5.41 Å². The maximum Gasteiger partial charge on any atom is 0.302 e. The minimum Gasteiger partial charge on any atom is -0.462 e. The maximum absolute atomic E-state index is 12.4. The van der Waals surface area contributed by atoms with Crippen molar-refractivity contribution in [3.05, 3.63) is 71.8 Å². The Labute approximate surface area is 136 Å². The second-order valence-electron chi connectivity index (χ2n) is 6.17. The zero-order chi connectivity index (χ0) is 16.3. The molecule has 0 saturated heterocycles. The number of benzene rings is 2. The van der Waals surface area contributed by atoms with Crippen molar-refractivity contribution in [1.82, 2.24) is 0 Å². The average Bonchev–Trinajstić information content (AvgIpc) is 2.55. The Bertz CT molecular complexity index is 650. The third-order valence-electron chi connectivity index (χ3n) is 4.52. The van der Waals surface area contributed by atoms with Crippen molar-refractivity contribution in [2.45, 2.75) is 37.7 Å². The van der Waals surface area contributed by atoms with Crippen molar-refractivity contribution in [2.24, 2.45) is 0 Å². The smallest absolute Gasteiger partial charge is 0.302 e. The highest BCUT2D eigenvalue weighted by Crippen LogP contribution is 2.44. The quantitative estimate of drug-likeness (QED) is 0.813. The van der Waals surface area contributed by atoms with E-state index in [2.05, 4.69) is 24.3 Å². The zero-order valence-corrected chi connectivity index (χ0v) is 13.2. The molecule has 23 heavy (non-hydrogen) atoms. The summed E-state index contributed by atoms with van der Waals surface area (Å²) in [5.74, 6) is -0.199. The number of Topliss-reactive ketones (excluding diaryl/α,β-unsaturated/α-hetero) is 1. The minimum atomic E-state index is -0.433. The molecule has 0 aliphatic heterocycles. The number of rotatable bonds is 3. The van der Waals surface area contributed by atoms with Crippen molar-refractivity contribution in [1.29, 1.82) is 0 Å². The van der Waals surface area contributed by atoms with Crippen LogP contribution in [0.1, 0.15) is 37.3 Å². The van der Waals surface area contributed by atoms with Crippen LogP contribution in [0.3, 0.4) is 0 Å². The molecule has 0 spiro atoms. The van der Waals surface area contributed by atoms with E-state index in [0.29, 0.717) is 19.3 Å². The van der Waals surface area contributed by atoms with Crippen LogP contribution < -0.4 is 0 Å². The average molecular weight is 308 g/mol. The molecule has 3 rings (SSSR count). The summed E-state index contributed by atoms with van der Waals surface area (Å²) in [6, 6.07) is 20.1. The van der Waals surface area contributed by atoms with Crippen LogP contribution in [0.5, 0.6) is 0 Å². The van der Waals surface area contributed by atoms with Crippen LogP contribution in [-0.4, -0.2) is 17.9 Å². The third-order valence-corrected chi connectivity index (χ3v) is 4.52. The summed E-state index contributed by atoms with van der Waals surface area (Å²) < 4.78 is 5.40. The molecule has 1 fully saturated rings. The van der Waals surface area contributed by atoms with Crippen LogP contribution in [0.4, 0.5) is 0 Å². The van der Waals surface area contributed by atoms with Gasteiger partial charge < -0.3 is 4.74 Å². The highest BCUT2D eigenvalue weighted by molar-refractivity contribution is 5.83. The Kier molecular flexibility index (Phi) is 4.28. The fraction of sp³-hybridized carbons (Fsp3) is 0.300. The van der Waals surface area contributed by atoms with Gasteiger partial charge >= 0.3 is 5.97 Å². The molecule has 1 aliphatic carbocycles. The Morgan fingerprint density at radius 1 is 1.00 bits per heavy atom. The zero-order valence-electron chi connectivity index (χ0n) is 13.2. The molecule has 3 heteroatoms. The Balaban J connectivity index is 2.08. The Hall–Kier alpha value is -2.42. The van der Waals surface area contributed by atoms with E-state index in [9.17, 15) is 9.59 Å². The molecular weight excluding hydrogens is 288 g/mol. The van der Waals surface area contributed by atoms with Crippen LogP contribution in [-0.2, 0) is 19.7 Å². The van der Waals surface area contributed by atoms with Crippen molar-refractivity contribution < 1.29 is 14.3 Å². The van der Waals surface area contributed by atoms with Crippen molar-refractivity contribution in [3.63, 3.8) is 0 Å². The highest BCUT2D eigenvalue weighted by atomic mass is 16.5. The summed E-state index contributed by atoms with van der Waals surface area (Å²) in [6.45, 7) is 1.39. The van der Waals surface area contributed by atoms with Crippen molar-refractivity contribution in [3.8, 4) is 0 Å². The highest BCUT2D eigenvalue weighted by Gasteiger charge is 2.43. The topological polar surface area (TPSA) is 43.4 Å². The lowest BCUT2D eigenvalue weighted by Gasteiger charge is -2.40. The SMILES string of the molecule is CC(=O)OC1CC(=O)CC(c2ccccc2)(c2ccccc2)C1. The van der Waals surface area contributed by atoms with E-state index in [-0.39, 0.29) is 17.9 Å². The van der Waals surface area contributed by atoms with E-state index in [1.807, 2.05) is 36.4 Å². The summed E-state index contributed by atoms with van der Waals surface area (Å²) in [5.41, 5.74) is 1.76. The predicted octanol–water partition coefficient (Wildman–Crippen LogP) is 3.66. The molecule has 1 saturated carbocycles. The van der Waals surface area contributed by atoms with Gasteiger partial charge in [0.2, 0.25) is 0 Å². The first-order valence-corrected chi connectivity index (χ1v) is 7.90. The molecule has 0 radical (unpaired) electrons. The lowest BCUT2D eigenvalue weighted by atomic mass is 9.64. The predicted molar refractivity (Wildman–Crippen MR) is 88.1 cm³/mol. The number of ether oxygens (including phenoxy) is 1. The Morgan fingerprint density at radius 2 is 1.52 bits per heavy atom. The Morgan fingerprint density at radius 3 is 2.00 bits per heavy atom. The monoisotopic (exact) mass is 308 g/mol. The molecule has 1 unspecified atom stereocenters. The largest absolute Gasteiger partial charge is 0.462 e. The van der Waals surface area contributed by atoms with Gasteiger partial charge in [-0.05, 0) is 17.5 Å². The molecule has 118 valence electrons. The van der Waals surface area contributed by atoms with Crippen LogP contribution in [0.25, 0.3) is 0 Å². The summed E-state index contributed by atoms with van der Waals surface area (Å²) in [6.07, 6.45) is 1.01. The molecular formula is C20H20O3. The van der Waals surface area contributed by atoms with E-state index in [0.717, 1.165) is 11.1 Å². The first-order valence-electron chi connectivity index (χ1n) is 7.90. The summed E-state index contributed by atoms with van der Waals surface area (Å²) >= 11 is 0. The van der Waals surface area contributed by atoms with Crippen LogP contribution in [0.15, 0.2) is 60.7 Å². The number of carbonyl (C=O) groups is 2. The van der Waals surface area contributed by atoms with Crippen LogP contribution in [0.2, 0.25) is 0 Å². The van der Waals surface area contributed by atoms with Gasteiger partial charge in [0.05, 0.1) is 0 Å². The van der Waals surface area contributed by atoms with E-state index in [4.69, 9.17) is 4.74 Å². The van der Waals surface area contributed by atoms with Gasteiger partial charge in [-0.3, -0.25) is 9.59 Å². The minimum absolute atomic E-state index is 0.134. The van der Waals surface area contributed by atoms with Crippen LogP contribution in [0, 0.1) is 0 Å². The third kappa shape index (κ3) is 3.19.